The smallest absolute Gasteiger partial charge is 0.340 e. The lowest BCUT2D eigenvalue weighted by atomic mass is 10.1. The van der Waals surface area contributed by atoms with Crippen LogP contribution in [0.15, 0.2) is 5.10 Å². The van der Waals surface area contributed by atoms with Crippen molar-refractivity contribution in [3.8, 4) is 0 Å². The van der Waals surface area contributed by atoms with Crippen LogP contribution in [-0.2, 0) is 4.74 Å². The number of aromatic amines is 1. The van der Waals surface area contributed by atoms with E-state index in [2.05, 4.69) is 10.1 Å². The summed E-state index contributed by atoms with van der Waals surface area (Å²) >= 11 is 0. The number of ether oxygens (including phenoxy) is 1. The largest absolute Gasteiger partial charge is 0.462 e. The zero-order chi connectivity index (χ0) is 11.4. The number of nitrogens with zero attached hydrogens (tertiary/aromatic N) is 1. The van der Waals surface area contributed by atoms with Gasteiger partial charge in [0, 0.05) is 5.69 Å². The van der Waals surface area contributed by atoms with E-state index in [0.717, 1.165) is 17.0 Å². The first kappa shape index (κ1) is 11.3. The van der Waals surface area contributed by atoms with Crippen molar-refractivity contribution < 1.29 is 9.53 Å². The summed E-state index contributed by atoms with van der Waals surface area (Å²) in [5.74, 6) is 4.74. The van der Waals surface area contributed by atoms with Crippen molar-refractivity contribution in [2.75, 3.05) is 6.61 Å². The highest BCUT2D eigenvalue weighted by Gasteiger charge is 2.17. The van der Waals surface area contributed by atoms with Crippen LogP contribution in [0.5, 0.6) is 0 Å². The molecule has 0 aliphatic carbocycles. The average molecular weight is 209 g/mol. The Bertz CT molecular complexity index is 394. The standard InChI is InChI=1S/C10H15N3O2/c1-4-15-10(14)9-6(2)8(5-12-11)13-7(9)3/h5,13H,4,11H2,1-3H3/b12-5+. The molecule has 15 heavy (non-hydrogen) atoms. The third-order valence-electron chi connectivity index (χ3n) is 2.16. The van der Waals surface area contributed by atoms with Gasteiger partial charge in [0.2, 0.25) is 0 Å². The summed E-state index contributed by atoms with van der Waals surface area (Å²) in [5.41, 5.74) is 2.87. The number of nitrogens with two attached hydrogens (primary N) is 1. The molecule has 1 aromatic heterocycles. The average Bonchev–Trinajstić information content (AvgIpc) is 2.43. The molecule has 5 nitrogen and oxygen atoms in total. The van der Waals surface area contributed by atoms with Crippen LogP contribution < -0.4 is 5.84 Å². The molecule has 0 saturated carbocycles. The number of hydrogen-bond donors (Lipinski definition) is 2. The van der Waals surface area contributed by atoms with Gasteiger partial charge in [0.15, 0.2) is 0 Å². The minimum Gasteiger partial charge on any atom is -0.462 e. The first-order chi connectivity index (χ1) is 7.11. The number of carbonyl (C=O) groups excluding carboxylic acids is 1. The van der Waals surface area contributed by atoms with Gasteiger partial charge >= 0.3 is 5.97 Å². The molecule has 82 valence electrons. The number of carbonyl (C=O) groups is 1. The highest BCUT2D eigenvalue weighted by atomic mass is 16.5. The van der Waals surface area contributed by atoms with Crippen molar-refractivity contribution in [1.29, 1.82) is 0 Å². The minimum absolute atomic E-state index is 0.319. The molecule has 0 spiro atoms. The Hall–Kier alpha value is -1.78. The lowest BCUT2D eigenvalue weighted by molar-refractivity contribution is 0.0525. The second-order valence-electron chi connectivity index (χ2n) is 3.16. The Balaban J connectivity index is 3.13. The summed E-state index contributed by atoms with van der Waals surface area (Å²) in [6.07, 6.45) is 1.48. The van der Waals surface area contributed by atoms with E-state index in [1.807, 2.05) is 13.8 Å². The molecule has 0 amide bonds. The summed E-state index contributed by atoms with van der Waals surface area (Å²) in [7, 11) is 0. The van der Waals surface area contributed by atoms with Gasteiger partial charge in [-0.2, -0.15) is 5.10 Å². The number of esters is 1. The molecule has 1 aromatic rings. The fraction of sp³-hybridized carbons (Fsp3) is 0.400. The van der Waals surface area contributed by atoms with Crippen LogP contribution in [0.1, 0.15) is 34.2 Å². The van der Waals surface area contributed by atoms with Crippen molar-refractivity contribution in [2.24, 2.45) is 10.9 Å². The molecule has 0 aromatic carbocycles. The molecular weight excluding hydrogens is 194 g/mol. The number of hydrogen-bond acceptors (Lipinski definition) is 4. The van der Waals surface area contributed by atoms with Gasteiger partial charge in [-0.05, 0) is 26.3 Å². The number of nitrogens with one attached hydrogen (secondary N) is 1. The lowest BCUT2D eigenvalue weighted by Crippen LogP contribution is -2.06. The summed E-state index contributed by atoms with van der Waals surface area (Å²) in [4.78, 5) is 14.6. The van der Waals surface area contributed by atoms with E-state index in [4.69, 9.17) is 10.6 Å². The number of H-pyrrole nitrogens is 1. The monoisotopic (exact) mass is 209 g/mol. The van der Waals surface area contributed by atoms with E-state index in [1.54, 1.807) is 6.92 Å². The van der Waals surface area contributed by atoms with E-state index in [9.17, 15) is 4.79 Å². The van der Waals surface area contributed by atoms with Crippen LogP contribution in [-0.4, -0.2) is 23.8 Å². The number of rotatable bonds is 3. The maximum absolute atomic E-state index is 11.6. The van der Waals surface area contributed by atoms with Crippen molar-refractivity contribution in [3.05, 3.63) is 22.5 Å². The molecule has 5 heteroatoms. The number of hydrazone groups is 1. The van der Waals surface area contributed by atoms with Gasteiger partial charge in [0.25, 0.3) is 0 Å². The van der Waals surface area contributed by atoms with Crippen molar-refractivity contribution in [2.45, 2.75) is 20.8 Å². The van der Waals surface area contributed by atoms with Crippen molar-refractivity contribution in [3.63, 3.8) is 0 Å². The molecule has 1 rings (SSSR count). The molecule has 0 saturated heterocycles. The molecule has 3 N–H and O–H groups in total. The van der Waals surface area contributed by atoms with Crippen LogP contribution in [0.4, 0.5) is 0 Å². The first-order valence-electron chi connectivity index (χ1n) is 4.71. The van der Waals surface area contributed by atoms with Crippen LogP contribution in [0.3, 0.4) is 0 Å². The predicted octanol–water partition coefficient (Wildman–Crippen LogP) is 1.10. The van der Waals surface area contributed by atoms with Gasteiger partial charge in [-0.1, -0.05) is 0 Å². The Morgan fingerprint density at radius 2 is 2.27 bits per heavy atom. The first-order valence-corrected chi connectivity index (χ1v) is 4.71. The minimum atomic E-state index is -0.319. The molecule has 1 heterocycles. The molecule has 0 aliphatic rings. The fourth-order valence-electron chi connectivity index (χ4n) is 1.49. The highest BCUT2D eigenvalue weighted by Crippen LogP contribution is 2.17. The Labute approximate surface area is 88.3 Å². The van der Waals surface area contributed by atoms with Crippen LogP contribution >= 0.6 is 0 Å². The summed E-state index contributed by atoms with van der Waals surface area (Å²) in [5, 5.41) is 3.42. The van der Waals surface area contributed by atoms with E-state index in [-0.39, 0.29) is 5.97 Å². The Morgan fingerprint density at radius 1 is 1.60 bits per heavy atom. The van der Waals surface area contributed by atoms with Crippen LogP contribution in [0.2, 0.25) is 0 Å². The zero-order valence-electron chi connectivity index (χ0n) is 9.13. The predicted molar refractivity (Wildman–Crippen MR) is 58.0 cm³/mol. The number of aryl methyl sites for hydroxylation is 1. The quantitative estimate of drug-likeness (QED) is 0.338. The van der Waals surface area contributed by atoms with E-state index >= 15 is 0 Å². The molecule has 0 aliphatic heterocycles. The third kappa shape index (κ3) is 2.18. The third-order valence-corrected chi connectivity index (χ3v) is 2.16. The van der Waals surface area contributed by atoms with Gasteiger partial charge < -0.3 is 15.6 Å². The second-order valence-corrected chi connectivity index (χ2v) is 3.16. The fourth-order valence-corrected chi connectivity index (χ4v) is 1.49. The van der Waals surface area contributed by atoms with E-state index < -0.39 is 0 Å². The van der Waals surface area contributed by atoms with Gasteiger partial charge in [-0.25, -0.2) is 4.79 Å². The van der Waals surface area contributed by atoms with Gasteiger partial charge in [-0.15, -0.1) is 0 Å². The molecular formula is C10H15N3O2. The van der Waals surface area contributed by atoms with Crippen LogP contribution in [0, 0.1) is 13.8 Å². The number of aromatic nitrogens is 1. The van der Waals surface area contributed by atoms with Crippen molar-refractivity contribution >= 4 is 12.2 Å². The molecule has 0 bridgehead atoms. The van der Waals surface area contributed by atoms with Crippen LogP contribution in [0.25, 0.3) is 0 Å². The summed E-state index contributed by atoms with van der Waals surface area (Å²) < 4.78 is 4.95. The van der Waals surface area contributed by atoms with E-state index in [0.29, 0.717) is 12.2 Å². The summed E-state index contributed by atoms with van der Waals surface area (Å²) in [6, 6.07) is 0. The normalized spacial score (nSPS) is 10.9. The highest BCUT2D eigenvalue weighted by molar-refractivity contribution is 5.96. The Morgan fingerprint density at radius 3 is 2.80 bits per heavy atom. The summed E-state index contributed by atoms with van der Waals surface area (Å²) in [6.45, 7) is 5.78. The second kappa shape index (κ2) is 4.63. The maximum Gasteiger partial charge on any atom is 0.340 e. The molecule has 0 atom stereocenters. The molecule has 0 radical (unpaired) electrons. The topological polar surface area (TPSA) is 80.5 Å². The maximum atomic E-state index is 11.6. The zero-order valence-corrected chi connectivity index (χ0v) is 9.13. The SMILES string of the molecule is CCOC(=O)c1c(C)[nH]c(/C=N/N)c1C. The van der Waals surface area contributed by atoms with Gasteiger partial charge in [0.05, 0.1) is 24.1 Å². The van der Waals surface area contributed by atoms with Gasteiger partial charge in [-0.3, -0.25) is 0 Å². The molecule has 0 unspecified atom stereocenters. The van der Waals surface area contributed by atoms with Gasteiger partial charge in [0.1, 0.15) is 0 Å². The molecule has 0 fully saturated rings. The van der Waals surface area contributed by atoms with E-state index in [1.165, 1.54) is 6.21 Å². The Kier molecular flexibility index (Phi) is 3.49. The van der Waals surface area contributed by atoms with Crippen molar-refractivity contribution in [1.82, 2.24) is 4.98 Å². The lowest BCUT2D eigenvalue weighted by Gasteiger charge is -2.01.